The third-order valence-electron chi connectivity index (χ3n) is 7.08. The zero-order valence-electron chi connectivity index (χ0n) is 20.7. The minimum Gasteiger partial charge on any atom is -0.387 e. The van der Waals surface area contributed by atoms with Crippen LogP contribution in [0, 0.1) is 0 Å². The van der Waals surface area contributed by atoms with Gasteiger partial charge in [-0.05, 0) is 37.0 Å². The summed E-state index contributed by atoms with van der Waals surface area (Å²) >= 11 is 0. The highest BCUT2D eigenvalue weighted by Crippen LogP contribution is 2.39. The Hall–Kier alpha value is -3.95. The number of likely N-dealkylation sites (tertiary alicyclic amines) is 1. The Kier molecular flexibility index (Phi) is 6.82. The molecular formula is C27H31N5O5. The summed E-state index contributed by atoms with van der Waals surface area (Å²) in [7, 11) is 0. The molecule has 3 aliphatic rings. The summed E-state index contributed by atoms with van der Waals surface area (Å²) in [6, 6.07) is 11.2. The van der Waals surface area contributed by atoms with Crippen LogP contribution < -0.4 is 10.6 Å². The monoisotopic (exact) mass is 505 g/mol. The molecule has 0 bridgehead atoms. The third-order valence-corrected chi connectivity index (χ3v) is 7.08. The first-order valence-corrected chi connectivity index (χ1v) is 12.8. The van der Waals surface area contributed by atoms with Crippen LogP contribution in [0.2, 0.25) is 0 Å². The average molecular weight is 506 g/mol. The molecule has 2 fully saturated rings. The molecular weight excluding hydrogens is 474 g/mol. The van der Waals surface area contributed by atoms with Gasteiger partial charge in [0, 0.05) is 25.1 Å². The lowest BCUT2D eigenvalue weighted by molar-refractivity contribution is -0.140. The number of H-pyrrole nitrogens is 1. The Morgan fingerprint density at radius 2 is 1.95 bits per heavy atom. The maximum absolute atomic E-state index is 13.6. The van der Waals surface area contributed by atoms with E-state index in [1.807, 2.05) is 37.3 Å². The van der Waals surface area contributed by atoms with Crippen LogP contribution in [0.4, 0.5) is 0 Å². The van der Waals surface area contributed by atoms with E-state index in [4.69, 9.17) is 4.84 Å². The van der Waals surface area contributed by atoms with E-state index in [-0.39, 0.29) is 24.9 Å². The van der Waals surface area contributed by atoms with Crippen molar-refractivity contribution in [3.8, 4) is 0 Å². The number of carbonyl (C=O) groups excluding carboxylic acids is 4. The molecule has 5 rings (SSSR count). The molecule has 1 saturated heterocycles. The van der Waals surface area contributed by atoms with Crippen molar-refractivity contribution in [1.82, 2.24) is 20.5 Å². The van der Waals surface area contributed by atoms with Crippen LogP contribution in [0.15, 0.2) is 53.8 Å². The Morgan fingerprint density at radius 3 is 2.62 bits per heavy atom. The fourth-order valence-corrected chi connectivity index (χ4v) is 4.98. The molecule has 1 unspecified atom stereocenters. The number of nitrogens with zero attached hydrogens (tertiary/aromatic N) is 2. The second-order valence-electron chi connectivity index (χ2n) is 10.1. The first kappa shape index (κ1) is 24.7. The molecule has 3 heterocycles. The summed E-state index contributed by atoms with van der Waals surface area (Å²) in [5.74, 6) is -2.17. The second kappa shape index (κ2) is 10.2. The summed E-state index contributed by atoms with van der Waals surface area (Å²) in [5, 5.41) is 9.76. The molecule has 10 nitrogen and oxygen atoms in total. The normalized spacial score (nSPS) is 23.3. The molecule has 37 heavy (non-hydrogen) atoms. The molecule has 1 aromatic carbocycles. The Bertz CT molecular complexity index is 1210. The van der Waals surface area contributed by atoms with Gasteiger partial charge in [0.15, 0.2) is 5.60 Å². The van der Waals surface area contributed by atoms with E-state index in [2.05, 4.69) is 20.8 Å². The molecule has 1 aromatic heterocycles. The van der Waals surface area contributed by atoms with Gasteiger partial charge in [-0.15, -0.1) is 0 Å². The zero-order chi connectivity index (χ0) is 26.0. The maximum Gasteiger partial charge on any atom is 0.289 e. The molecule has 10 heteroatoms. The van der Waals surface area contributed by atoms with Crippen molar-refractivity contribution >= 4 is 29.2 Å². The van der Waals surface area contributed by atoms with Gasteiger partial charge in [0.05, 0.1) is 18.3 Å². The molecule has 1 aliphatic carbocycles. The summed E-state index contributed by atoms with van der Waals surface area (Å²) in [4.78, 5) is 62.5. The van der Waals surface area contributed by atoms with Crippen molar-refractivity contribution in [3.05, 3.63) is 59.9 Å². The summed E-state index contributed by atoms with van der Waals surface area (Å²) in [6.07, 6.45) is 4.94. The molecule has 2 aromatic rings. The van der Waals surface area contributed by atoms with Crippen LogP contribution in [0.25, 0.3) is 0 Å². The highest BCUT2D eigenvalue weighted by Gasteiger charge is 2.54. The highest BCUT2D eigenvalue weighted by molar-refractivity contribution is 6.38. The fraction of sp³-hybridized carbons (Fsp3) is 0.444. The number of benzene rings is 1. The smallest absolute Gasteiger partial charge is 0.289 e. The highest BCUT2D eigenvalue weighted by atomic mass is 16.7. The molecule has 3 N–H and O–H groups in total. The Morgan fingerprint density at radius 1 is 1.16 bits per heavy atom. The van der Waals surface area contributed by atoms with E-state index >= 15 is 0 Å². The van der Waals surface area contributed by atoms with Crippen molar-refractivity contribution in [1.29, 1.82) is 0 Å². The molecule has 3 amide bonds. The maximum atomic E-state index is 13.6. The number of hydrogen-bond acceptors (Lipinski definition) is 6. The van der Waals surface area contributed by atoms with Crippen LogP contribution in [-0.4, -0.2) is 69.4 Å². The van der Waals surface area contributed by atoms with Gasteiger partial charge in [-0.3, -0.25) is 19.2 Å². The van der Waals surface area contributed by atoms with Gasteiger partial charge in [0.25, 0.3) is 11.8 Å². The molecule has 0 radical (unpaired) electrons. The van der Waals surface area contributed by atoms with E-state index in [0.29, 0.717) is 25.0 Å². The average Bonchev–Trinajstić information content (AvgIpc) is 3.30. The number of aromatic amines is 1. The van der Waals surface area contributed by atoms with E-state index in [1.165, 1.54) is 4.90 Å². The number of nitrogens with one attached hydrogen (secondary N) is 3. The van der Waals surface area contributed by atoms with Crippen molar-refractivity contribution in [2.45, 2.75) is 69.2 Å². The van der Waals surface area contributed by atoms with Crippen LogP contribution >= 0.6 is 0 Å². The van der Waals surface area contributed by atoms with Gasteiger partial charge < -0.3 is 25.4 Å². The Labute approximate surface area is 214 Å². The Balaban J connectivity index is 1.35. The summed E-state index contributed by atoms with van der Waals surface area (Å²) in [6.45, 7) is 2.04. The number of rotatable bonds is 9. The number of oxime groups is 1. The number of hydrogen-bond donors (Lipinski definition) is 3. The minimum absolute atomic E-state index is 0.0383. The van der Waals surface area contributed by atoms with E-state index in [0.717, 1.165) is 24.1 Å². The van der Waals surface area contributed by atoms with E-state index < -0.39 is 35.3 Å². The quantitative estimate of drug-likeness (QED) is 0.448. The lowest BCUT2D eigenvalue weighted by Gasteiger charge is -2.25. The fourth-order valence-electron chi connectivity index (χ4n) is 4.98. The van der Waals surface area contributed by atoms with Crippen molar-refractivity contribution in [2.75, 3.05) is 6.54 Å². The summed E-state index contributed by atoms with van der Waals surface area (Å²) in [5.41, 5.74) is 1.17. The molecule has 3 atom stereocenters. The molecule has 2 aliphatic heterocycles. The standard InChI is InChI=1S/C27H31N5O5/c1-2-7-19(23(33)25(35)29-18-11-12-18)30-24(34)22-15-27(16-32(22)26(36)20-10-6-13-28-20)14-21(31-37-27)17-8-4-3-5-9-17/h3-6,8-10,13,18-19,22,28H,2,7,11-12,14-16H2,1H3,(H,29,35)(H,30,34)/t19-,22-,27?/m0/s1. The van der Waals surface area contributed by atoms with Gasteiger partial charge in [0.2, 0.25) is 11.7 Å². The van der Waals surface area contributed by atoms with Crippen LogP contribution in [0.1, 0.15) is 61.5 Å². The van der Waals surface area contributed by atoms with Gasteiger partial charge >= 0.3 is 0 Å². The number of amides is 3. The second-order valence-corrected chi connectivity index (χ2v) is 10.1. The van der Waals surface area contributed by atoms with Crippen LogP contribution in [0.5, 0.6) is 0 Å². The van der Waals surface area contributed by atoms with Gasteiger partial charge in [-0.1, -0.05) is 48.8 Å². The first-order chi connectivity index (χ1) is 17.9. The van der Waals surface area contributed by atoms with Crippen LogP contribution in [0.3, 0.4) is 0 Å². The predicted octanol–water partition coefficient (Wildman–Crippen LogP) is 1.93. The first-order valence-electron chi connectivity index (χ1n) is 12.8. The lowest BCUT2D eigenvalue weighted by atomic mass is 9.91. The van der Waals surface area contributed by atoms with Crippen molar-refractivity contribution in [2.24, 2.45) is 5.16 Å². The SMILES string of the molecule is CCC[C@H](NC(=O)[C@@H]1CC2(CC(c3ccccc3)=NO2)CN1C(=O)c1ccc[nH]1)C(=O)C(=O)NC1CC1. The number of carbonyl (C=O) groups is 4. The van der Waals surface area contributed by atoms with Gasteiger partial charge in [-0.25, -0.2) is 0 Å². The van der Waals surface area contributed by atoms with Gasteiger partial charge in [0.1, 0.15) is 11.7 Å². The minimum atomic E-state index is -0.962. The van der Waals surface area contributed by atoms with E-state index in [9.17, 15) is 19.2 Å². The lowest BCUT2D eigenvalue weighted by Crippen LogP contribution is -2.53. The topological polar surface area (TPSA) is 133 Å². The van der Waals surface area contributed by atoms with Gasteiger partial charge in [-0.2, -0.15) is 0 Å². The van der Waals surface area contributed by atoms with Crippen molar-refractivity contribution < 1.29 is 24.0 Å². The molecule has 1 spiro atoms. The van der Waals surface area contributed by atoms with Crippen molar-refractivity contribution in [3.63, 3.8) is 0 Å². The molecule has 1 saturated carbocycles. The predicted molar refractivity (Wildman–Crippen MR) is 135 cm³/mol. The zero-order valence-corrected chi connectivity index (χ0v) is 20.7. The largest absolute Gasteiger partial charge is 0.387 e. The number of aromatic nitrogens is 1. The summed E-state index contributed by atoms with van der Waals surface area (Å²) < 4.78 is 0. The van der Waals surface area contributed by atoms with E-state index in [1.54, 1.807) is 18.3 Å². The third kappa shape index (κ3) is 5.28. The number of Topliss-reactive ketones (excluding diaryl/α,β-unsaturated/α-hetero) is 1. The number of ketones is 1. The van der Waals surface area contributed by atoms with Crippen LogP contribution in [-0.2, 0) is 19.2 Å². The molecule has 194 valence electrons.